The smallest absolute Gasteiger partial charge is 0.123 e. The molecule has 0 heterocycles. The van der Waals surface area contributed by atoms with Gasteiger partial charge in [-0.3, -0.25) is 0 Å². The molecule has 2 nitrogen and oxygen atoms in total. The fraction of sp³-hybridized carbons (Fsp3) is 0.467. The molecule has 0 saturated carbocycles. The van der Waals surface area contributed by atoms with E-state index in [0.717, 1.165) is 35.8 Å². The maximum absolute atomic E-state index is 6.02. The van der Waals surface area contributed by atoms with Crippen molar-refractivity contribution in [2.75, 3.05) is 13.2 Å². The highest BCUT2D eigenvalue weighted by Gasteiger charge is 2.05. The van der Waals surface area contributed by atoms with Gasteiger partial charge in [-0.1, -0.05) is 31.5 Å². The first-order valence-corrected chi connectivity index (χ1v) is 6.74. The SMILES string of the molecule is C=CCCOc1ccc(Cl)cc1CNCC(C)C. The number of nitrogens with one attached hydrogen (secondary N) is 1. The Labute approximate surface area is 115 Å². The highest BCUT2D eigenvalue weighted by Crippen LogP contribution is 2.23. The Balaban J connectivity index is 2.61. The summed E-state index contributed by atoms with van der Waals surface area (Å²) in [7, 11) is 0. The van der Waals surface area contributed by atoms with Crippen LogP contribution in [0.3, 0.4) is 0 Å². The molecule has 0 aliphatic rings. The van der Waals surface area contributed by atoms with Gasteiger partial charge in [-0.15, -0.1) is 6.58 Å². The van der Waals surface area contributed by atoms with E-state index < -0.39 is 0 Å². The number of rotatable bonds is 8. The van der Waals surface area contributed by atoms with E-state index in [2.05, 4.69) is 25.7 Å². The van der Waals surface area contributed by atoms with Crippen LogP contribution in [0.15, 0.2) is 30.9 Å². The number of hydrogen-bond donors (Lipinski definition) is 1. The third-order valence-electron chi connectivity index (χ3n) is 2.47. The molecule has 0 radical (unpaired) electrons. The molecule has 1 rings (SSSR count). The standard InChI is InChI=1S/C15H22ClNO/c1-4-5-8-18-15-7-6-14(16)9-13(15)11-17-10-12(2)3/h4,6-7,9,12,17H,1,5,8,10-11H2,2-3H3. The summed E-state index contributed by atoms with van der Waals surface area (Å²) in [5, 5.41) is 4.14. The molecule has 0 saturated heterocycles. The van der Waals surface area contributed by atoms with Gasteiger partial charge in [0.2, 0.25) is 0 Å². The second-order valence-electron chi connectivity index (χ2n) is 4.70. The average Bonchev–Trinajstić information content (AvgIpc) is 2.31. The molecule has 0 spiro atoms. The van der Waals surface area contributed by atoms with Crippen LogP contribution in [0, 0.1) is 5.92 Å². The fourth-order valence-electron chi connectivity index (χ4n) is 1.57. The monoisotopic (exact) mass is 267 g/mol. The largest absolute Gasteiger partial charge is 0.493 e. The Morgan fingerprint density at radius 3 is 2.89 bits per heavy atom. The molecule has 1 N–H and O–H groups in total. The molecule has 0 aliphatic heterocycles. The van der Waals surface area contributed by atoms with E-state index in [1.165, 1.54) is 0 Å². The van der Waals surface area contributed by atoms with Gasteiger partial charge in [-0.05, 0) is 37.1 Å². The summed E-state index contributed by atoms with van der Waals surface area (Å²) in [6, 6.07) is 5.74. The second kappa shape index (κ2) is 8.17. The molecule has 1 aromatic carbocycles. The van der Waals surface area contributed by atoms with Crippen molar-refractivity contribution < 1.29 is 4.74 Å². The van der Waals surface area contributed by atoms with Crippen molar-refractivity contribution in [3.63, 3.8) is 0 Å². The summed E-state index contributed by atoms with van der Waals surface area (Å²) >= 11 is 6.02. The van der Waals surface area contributed by atoms with Crippen molar-refractivity contribution >= 4 is 11.6 Å². The normalized spacial score (nSPS) is 10.7. The maximum atomic E-state index is 6.02. The van der Waals surface area contributed by atoms with Crippen molar-refractivity contribution in [2.24, 2.45) is 5.92 Å². The van der Waals surface area contributed by atoms with E-state index in [1.54, 1.807) is 0 Å². The zero-order chi connectivity index (χ0) is 13.4. The first kappa shape index (κ1) is 15.1. The van der Waals surface area contributed by atoms with Gasteiger partial charge in [-0.25, -0.2) is 0 Å². The highest BCUT2D eigenvalue weighted by molar-refractivity contribution is 6.30. The number of hydrogen-bond acceptors (Lipinski definition) is 2. The van der Waals surface area contributed by atoms with E-state index in [1.807, 2.05) is 24.3 Å². The molecular weight excluding hydrogens is 246 g/mol. The van der Waals surface area contributed by atoms with Gasteiger partial charge >= 0.3 is 0 Å². The zero-order valence-electron chi connectivity index (χ0n) is 11.2. The average molecular weight is 268 g/mol. The number of halogens is 1. The van der Waals surface area contributed by atoms with Crippen molar-refractivity contribution in [3.05, 3.63) is 41.4 Å². The Kier molecular flexibility index (Phi) is 6.84. The minimum absolute atomic E-state index is 0.634. The van der Waals surface area contributed by atoms with E-state index in [0.29, 0.717) is 12.5 Å². The minimum atomic E-state index is 0.634. The third kappa shape index (κ3) is 5.56. The molecule has 0 fully saturated rings. The van der Waals surface area contributed by atoms with Gasteiger partial charge < -0.3 is 10.1 Å². The lowest BCUT2D eigenvalue weighted by Gasteiger charge is -2.13. The minimum Gasteiger partial charge on any atom is -0.493 e. The predicted molar refractivity (Wildman–Crippen MR) is 78.3 cm³/mol. The van der Waals surface area contributed by atoms with Gasteiger partial charge in [0.25, 0.3) is 0 Å². The van der Waals surface area contributed by atoms with Crippen LogP contribution in [0.4, 0.5) is 0 Å². The number of benzene rings is 1. The molecule has 3 heteroatoms. The molecular formula is C15H22ClNO. The first-order chi connectivity index (χ1) is 8.63. The summed E-state index contributed by atoms with van der Waals surface area (Å²) < 4.78 is 5.72. The Bertz CT molecular complexity index is 377. The lowest BCUT2D eigenvalue weighted by atomic mass is 10.2. The third-order valence-corrected chi connectivity index (χ3v) is 2.71. The van der Waals surface area contributed by atoms with Crippen LogP contribution < -0.4 is 10.1 Å². The highest BCUT2D eigenvalue weighted by atomic mass is 35.5. The molecule has 0 amide bonds. The quantitative estimate of drug-likeness (QED) is 0.567. The van der Waals surface area contributed by atoms with Crippen LogP contribution in [-0.2, 0) is 6.54 Å². The van der Waals surface area contributed by atoms with Gasteiger partial charge in [0.1, 0.15) is 5.75 Å². The molecule has 0 unspecified atom stereocenters. The molecule has 100 valence electrons. The Morgan fingerprint density at radius 2 is 2.22 bits per heavy atom. The molecule has 0 aliphatic carbocycles. The maximum Gasteiger partial charge on any atom is 0.123 e. The molecule has 1 aromatic rings. The van der Waals surface area contributed by atoms with Crippen LogP contribution in [0.1, 0.15) is 25.8 Å². The van der Waals surface area contributed by atoms with Gasteiger partial charge in [0, 0.05) is 17.1 Å². The predicted octanol–water partition coefficient (Wildman–Crippen LogP) is 4.04. The summed E-state index contributed by atoms with van der Waals surface area (Å²) in [5.41, 5.74) is 1.10. The summed E-state index contributed by atoms with van der Waals surface area (Å²) in [4.78, 5) is 0. The molecule has 0 atom stereocenters. The Morgan fingerprint density at radius 1 is 1.44 bits per heavy atom. The van der Waals surface area contributed by atoms with Crippen molar-refractivity contribution in [1.82, 2.24) is 5.32 Å². The lowest BCUT2D eigenvalue weighted by Crippen LogP contribution is -2.19. The number of ether oxygens (including phenoxy) is 1. The van der Waals surface area contributed by atoms with E-state index in [4.69, 9.17) is 16.3 Å². The van der Waals surface area contributed by atoms with Crippen LogP contribution in [0.25, 0.3) is 0 Å². The van der Waals surface area contributed by atoms with E-state index >= 15 is 0 Å². The van der Waals surface area contributed by atoms with Gasteiger partial charge in [-0.2, -0.15) is 0 Å². The van der Waals surface area contributed by atoms with E-state index in [9.17, 15) is 0 Å². The molecule has 0 aromatic heterocycles. The van der Waals surface area contributed by atoms with Crippen molar-refractivity contribution in [3.8, 4) is 5.75 Å². The van der Waals surface area contributed by atoms with Gasteiger partial charge in [0.05, 0.1) is 6.61 Å². The van der Waals surface area contributed by atoms with E-state index in [-0.39, 0.29) is 0 Å². The Hall–Kier alpha value is -0.990. The fourth-order valence-corrected chi connectivity index (χ4v) is 1.77. The van der Waals surface area contributed by atoms with Crippen molar-refractivity contribution in [1.29, 1.82) is 0 Å². The van der Waals surface area contributed by atoms with Crippen LogP contribution in [0.5, 0.6) is 5.75 Å². The van der Waals surface area contributed by atoms with Crippen LogP contribution in [0.2, 0.25) is 5.02 Å². The van der Waals surface area contributed by atoms with Crippen LogP contribution >= 0.6 is 11.6 Å². The zero-order valence-corrected chi connectivity index (χ0v) is 12.0. The van der Waals surface area contributed by atoms with Gasteiger partial charge in [0.15, 0.2) is 0 Å². The summed E-state index contributed by atoms with van der Waals surface area (Å²) in [5.74, 6) is 1.53. The molecule has 0 bridgehead atoms. The summed E-state index contributed by atoms with van der Waals surface area (Å²) in [6.07, 6.45) is 2.70. The first-order valence-electron chi connectivity index (χ1n) is 6.36. The van der Waals surface area contributed by atoms with Crippen molar-refractivity contribution in [2.45, 2.75) is 26.8 Å². The second-order valence-corrected chi connectivity index (χ2v) is 5.14. The summed E-state index contributed by atoms with van der Waals surface area (Å²) in [6.45, 7) is 10.5. The lowest BCUT2D eigenvalue weighted by molar-refractivity contribution is 0.320. The van der Waals surface area contributed by atoms with Crippen LogP contribution in [-0.4, -0.2) is 13.2 Å². The molecule has 18 heavy (non-hydrogen) atoms. The topological polar surface area (TPSA) is 21.3 Å².